The van der Waals surface area contributed by atoms with Crippen LogP contribution in [0.1, 0.15) is 39.5 Å². The van der Waals surface area contributed by atoms with Gasteiger partial charge in [-0.05, 0) is 38.0 Å². The first-order chi connectivity index (χ1) is 8.11. The number of rotatable bonds is 5. The molecule has 0 aromatic rings. The van der Waals surface area contributed by atoms with E-state index in [-0.39, 0.29) is 12.1 Å². The molecule has 0 saturated heterocycles. The van der Waals surface area contributed by atoms with Gasteiger partial charge in [-0.3, -0.25) is 0 Å². The fourth-order valence-electron chi connectivity index (χ4n) is 3.13. The second-order valence-electron chi connectivity index (χ2n) is 5.46. The number of carbonyl (C=O) groups is 1. The van der Waals surface area contributed by atoms with Crippen LogP contribution in [0.3, 0.4) is 0 Å². The Morgan fingerprint density at radius 3 is 2.71 bits per heavy atom. The lowest BCUT2D eigenvalue weighted by molar-refractivity contribution is -0.148. The van der Waals surface area contributed by atoms with Gasteiger partial charge in [0.1, 0.15) is 6.10 Å². The molecule has 4 atom stereocenters. The summed E-state index contributed by atoms with van der Waals surface area (Å²) < 4.78 is 5.62. The fourth-order valence-corrected chi connectivity index (χ4v) is 3.13. The van der Waals surface area contributed by atoms with Gasteiger partial charge in [0.15, 0.2) is 0 Å². The van der Waals surface area contributed by atoms with Crippen LogP contribution < -0.4 is 0 Å². The maximum atomic E-state index is 11.7. The van der Waals surface area contributed by atoms with Gasteiger partial charge in [0.2, 0.25) is 0 Å². The smallest absolute Gasteiger partial charge is 0.333 e. The lowest BCUT2D eigenvalue weighted by Gasteiger charge is -2.28. The first-order valence-electron chi connectivity index (χ1n) is 6.66. The number of carbonyl (C=O) groups excluding carboxylic acids is 1. The van der Waals surface area contributed by atoms with Crippen LogP contribution in [0, 0.1) is 17.8 Å². The fraction of sp³-hybridized carbons (Fsp3) is 0.667. The highest BCUT2D eigenvalue weighted by molar-refractivity contribution is 5.87. The summed E-state index contributed by atoms with van der Waals surface area (Å²) in [4.78, 5) is 11.7. The molecule has 0 N–H and O–H groups in total. The van der Waals surface area contributed by atoms with Crippen LogP contribution in [-0.4, -0.2) is 12.1 Å². The molecule has 1 saturated carbocycles. The second-order valence-corrected chi connectivity index (χ2v) is 5.46. The van der Waals surface area contributed by atoms with Crippen molar-refractivity contribution in [2.24, 2.45) is 17.8 Å². The van der Waals surface area contributed by atoms with Crippen LogP contribution in [0.25, 0.3) is 0 Å². The van der Waals surface area contributed by atoms with Crippen molar-refractivity contribution in [1.29, 1.82) is 0 Å². The molecule has 2 aliphatic rings. The Morgan fingerprint density at radius 1 is 1.47 bits per heavy atom. The molecule has 0 spiro atoms. The van der Waals surface area contributed by atoms with Gasteiger partial charge in [-0.1, -0.05) is 32.1 Å². The molecule has 2 aliphatic carbocycles. The third kappa shape index (κ3) is 2.62. The summed E-state index contributed by atoms with van der Waals surface area (Å²) in [6.07, 6.45) is 9.21. The highest BCUT2D eigenvalue weighted by atomic mass is 16.5. The van der Waals surface area contributed by atoms with Crippen molar-refractivity contribution in [2.75, 3.05) is 0 Å². The lowest BCUT2D eigenvalue weighted by atomic mass is 9.86. The predicted octanol–water partition coefficient (Wildman–Crippen LogP) is 3.49. The number of ether oxygens (including phenoxy) is 1. The molecule has 4 unspecified atom stereocenters. The summed E-state index contributed by atoms with van der Waals surface area (Å²) in [5, 5.41) is 0. The van der Waals surface area contributed by atoms with Crippen molar-refractivity contribution in [3.8, 4) is 0 Å². The monoisotopic (exact) mass is 234 g/mol. The van der Waals surface area contributed by atoms with Crippen molar-refractivity contribution in [1.82, 2.24) is 0 Å². The average Bonchev–Trinajstić information content (AvgIpc) is 2.89. The van der Waals surface area contributed by atoms with E-state index in [4.69, 9.17) is 4.74 Å². The maximum absolute atomic E-state index is 11.7. The average molecular weight is 234 g/mol. The quantitative estimate of drug-likeness (QED) is 0.413. The zero-order chi connectivity index (χ0) is 12.4. The molecule has 0 aliphatic heterocycles. The maximum Gasteiger partial charge on any atom is 0.333 e. The minimum atomic E-state index is -0.227. The Hall–Kier alpha value is -1.05. The summed E-state index contributed by atoms with van der Waals surface area (Å²) >= 11 is 0. The van der Waals surface area contributed by atoms with E-state index < -0.39 is 0 Å². The number of esters is 1. The van der Waals surface area contributed by atoms with E-state index in [1.165, 1.54) is 12.8 Å². The molecule has 0 amide bonds. The van der Waals surface area contributed by atoms with Crippen LogP contribution >= 0.6 is 0 Å². The second kappa shape index (κ2) is 5.07. The summed E-state index contributed by atoms with van der Waals surface area (Å²) in [5.74, 6) is 1.67. The zero-order valence-corrected chi connectivity index (χ0v) is 10.8. The Bertz CT molecular complexity index is 343. The van der Waals surface area contributed by atoms with E-state index in [0.29, 0.717) is 17.4 Å². The van der Waals surface area contributed by atoms with Crippen LogP contribution in [0.15, 0.2) is 24.3 Å². The molecule has 2 heteroatoms. The van der Waals surface area contributed by atoms with Crippen LogP contribution in [0.4, 0.5) is 0 Å². The van der Waals surface area contributed by atoms with Gasteiger partial charge in [-0.15, -0.1) is 0 Å². The molecule has 0 heterocycles. The largest absolute Gasteiger partial charge is 0.459 e. The summed E-state index contributed by atoms with van der Waals surface area (Å²) in [7, 11) is 0. The third-order valence-electron chi connectivity index (χ3n) is 3.99. The van der Waals surface area contributed by atoms with Gasteiger partial charge < -0.3 is 4.74 Å². The molecule has 94 valence electrons. The molecule has 17 heavy (non-hydrogen) atoms. The molecule has 2 rings (SSSR count). The van der Waals surface area contributed by atoms with E-state index in [0.717, 1.165) is 18.8 Å². The minimum Gasteiger partial charge on any atom is -0.459 e. The first kappa shape index (κ1) is 12.4. The highest BCUT2D eigenvalue weighted by Crippen LogP contribution is 2.46. The van der Waals surface area contributed by atoms with Crippen LogP contribution in [0.2, 0.25) is 0 Å². The number of hydrogen-bond acceptors (Lipinski definition) is 2. The normalized spacial score (nSPS) is 31.5. The van der Waals surface area contributed by atoms with Crippen molar-refractivity contribution in [2.45, 2.75) is 45.6 Å². The predicted molar refractivity (Wildman–Crippen MR) is 68.4 cm³/mol. The molecule has 1 fully saturated rings. The van der Waals surface area contributed by atoms with Gasteiger partial charge in [0.05, 0.1) is 0 Å². The van der Waals surface area contributed by atoms with E-state index >= 15 is 0 Å². The van der Waals surface area contributed by atoms with Crippen molar-refractivity contribution < 1.29 is 9.53 Å². The summed E-state index contributed by atoms with van der Waals surface area (Å²) in [6.45, 7) is 7.51. The van der Waals surface area contributed by atoms with Crippen molar-refractivity contribution in [3.63, 3.8) is 0 Å². The molecular formula is C15H22O2. The molecular weight excluding hydrogens is 212 g/mol. The van der Waals surface area contributed by atoms with Crippen molar-refractivity contribution >= 4 is 5.97 Å². The molecule has 2 nitrogen and oxygen atoms in total. The van der Waals surface area contributed by atoms with Gasteiger partial charge >= 0.3 is 5.97 Å². The van der Waals surface area contributed by atoms with Gasteiger partial charge in [-0.25, -0.2) is 4.79 Å². The van der Waals surface area contributed by atoms with E-state index in [1.54, 1.807) is 6.92 Å². The number of fused-ring (bicyclic) bond motifs is 2. The van der Waals surface area contributed by atoms with Gasteiger partial charge in [-0.2, -0.15) is 0 Å². The van der Waals surface area contributed by atoms with Crippen LogP contribution in [-0.2, 0) is 9.53 Å². The molecule has 2 bridgehead atoms. The molecule has 0 aromatic heterocycles. The summed E-state index contributed by atoms with van der Waals surface area (Å²) in [5.41, 5.74) is 0.504. The number of allylic oxidation sites excluding steroid dienone is 2. The van der Waals surface area contributed by atoms with Gasteiger partial charge in [0, 0.05) is 11.5 Å². The summed E-state index contributed by atoms with van der Waals surface area (Å²) in [6, 6.07) is 0. The Labute approximate surface area is 104 Å². The Balaban J connectivity index is 2.00. The topological polar surface area (TPSA) is 26.3 Å². The highest BCUT2D eigenvalue weighted by Gasteiger charge is 2.41. The zero-order valence-electron chi connectivity index (χ0n) is 10.8. The van der Waals surface area contributed by atoms with Crippen LogP contribution in [0.5, 0.6) is 0 Å². The third-order valence-corrected chi connectivity index (χ3v) is 3.99. The van der Waals surface area contributed by atoms with E-state index in [2.05, 4.69) is 25.7 Å². The SMILES string of the molecule is C=C(C)C(=O)OC(CCC)C1CC2C=CC1C2. The lowest BCUT2D eigenvalue weighted by Crippen LogP contribution is -2.29. The van der Waals surface area contributed by atoms with E-state index in [1.807, 2.05) is 0 Å². The minimum absolute atomic E-state index is 0.0872. The Kier molecular flexibility index (Phi) is 3.70. The first-order valence-corrected chi connectivity index (χ1v) is 6.66. The standard InChI is InChI=1S/C15H22O2/c1-4-5-14(17-15(16)10(2)3)13-9-11-6-7-12(13)8-11/h6-7,11-14H,2,4-5,8-9H2,1,3H3. The Morgan fingerprint density at radius 2 is 2.24 bits per heavy atom. The molecule has 0 aromatic carbocycles. The van der Waals surface area contributed by atoms with E-state index in [9.17, 15) is 4.79 Å². The number of hydrogen-bond donors (Lipinski definition) is 0. The van der Waals surface area contributed by atoms with Crippen molar-refractivity contribution in [3.05, 3.63) is 24.3 Å². The van der Waals surface area contributed by atoms with Gasteiger partial charge in [0.25, 0.3) is 0 Å². The molecule has 0 radical (unpaired) electrons.